The molecular formula is C23H40N7O16P3. The number of aliphatic hydroxyl groups is 2. The van der Waals surface area contributed by atoms with E-state index in [9.17, 15) is 53.1 Å². The highest BCUT2D eigenvalue weighted by Crippen LogP contribution is 2.61. The summed E-state index contributed by atoms with van der Waals surface area (Å²) >= 11 is 0. The Bertz CT molecular complexity index is 1640. The average molecular weight is 764 g/mol. The maximum Gasteiger partial charge on any atom is 0.481 e. The van der Waals surface area contributed by atoms with Crippen LogP contribution < -0.4 is 16.4 Å². The first-order valence-electron chi connectivity index (χ1n) is 14.4. The Hall–Kier alpha value is -2.46. The predicted octanol–water partition coefficient (Wildman–Crippen LogP) is -1.01. The number of carbonyl (C=O) groups is 2. The third-order valence-electron chi connectivity index (χ3n) is 7.14. The molecule has 23 nitrogen and oxygen atoms in total. The van der Waals surface area contributed by atoms with Crippen LogP contribution in [0.4, 0.5) is 5.82 Å². The number of hydrogen-bond acceptors (Lipinski definition) is 16. The summed E-state index contributed by atoms with van der Waals surface area (Å²) in [7, 11) is -16.3. The van der Waals surface area contributed by atoms with Crippen molar-refractivity contribution in [3.05, 3.63) is 12.7 Å². The summed E-state index contributed by atoms with van der Waals surface area (Å²) in [5, 5.41) is 26.5. The molecule has 10 N–H and O–H groups in total. The van der Waals surface area contributed by atoms with Crippen LogP contribution in [0, 0.1) is 5.41 Å². The molecule has 2 aromatic rings. The topological polar surface area (TPSA) is 347 Å². The minimum atomic E-state index is -5.55. The van der Waals surface area contributed by atoms with Gasteiger partial charge in [-0.15, -0.1) is 0 Å². The SMILES string of the molecule is CCCNC(=O)CCNC(=O)C(O)C(C)(C)COP(=O)(O)OP(=O)(O)OCC1OC(C)(n2cnc3c(N)ncnc32)C(O)C1OP(=O)(O)O. The van der Waals surface area contributed by atoms with Crippen molar-refractivity contribution in [2.75, 3.05) is 32.0 Å². The molecule has 1 aliphatic heterocycles. The summed E-state index contributed by atoms with van der Waals surface area (Å²) in [5.41, 5.74) is 2.37. The lowest BCUT2D eigenvalue weighted by atomic mass is 9.87. The van der Waals surface area contributed by atoms with Gasteiger partial charge < -0.3 is 50.9 Å². The Kier molecular flexibility index (Phi) is 13.2. The summed E-state index contributed by atoms with van der Waals surface area (Å²) < 4.78 is 62.3. The minimum absolute atomic E-state index is 0.0282. The van der Waals surface area contributed by atoms with Gasteiger partial charge in [0, 0.05) is 24.9 Å². The molecule has 2 aromatic heterocycles. The largest absolute Gasteiger partial charge is 0.481 e. The van der Waals surface area contributed by atoms with E-state index < -0.39 is 78.1 Å². The zero-order valence-electron chi connectivity index (χ0n) is 26.7. The summed E-state index contributed by atoms with van der Waals surface area (Å²) in [5.74, 6) is -1.30. The summed E-state index contributed by atoms with van der Waals surface area (Å²) in [6, 6.07) is 0. The van der Waals surface area contributed by atoms with Gasteiger partial charge >= 0.3 is 23.5 Å². The number of amides is 2. The number of aliphatic hydroxyl groups excluding tert-OH is 2. The standard InChI is InChI=1S/C23H40N7O16P3/c1-5-7-25-14(31)6-8-26-21(34)18(33)22(2,3)10-43-49(40,41)46-48(38,39)42-9-13-16(45-47(35,36)37)17(32)23(4,44-13)30-12-29-15-19(24)27-11-28-20(15)30/h11-13,16-18,32-33H,5-10H2,1-4H3,(H,25,31)(H,26,34)(H,38,39)(H,40,41)(H2,24,27,28)(H2,35,36,37). The first-order chi connectivity index (χ1) is 22.5. The Balaban J connectivity index is 1.64. The predicted molar refractivity (Wildman–Crippen MR) is 165 cm³/mol. The number of phosphoric acid groups is 3. The van der Waals surface area contributed by atoms with Crippen molar-refractivity contribution in [2.24, 2.45) is 5.41 Å². The first-order valence-corrected chi connectivity index (χ1v) is 19.0. The molecule has 3 heterocycles. The molecule has 0 spiro atoms. The number of ether oxygens (including phenoxy) is 1. The molecule has 278 valence electrons. The smallest absolute Gasteiger partial charge is 0.385 e. The number of nitrogens with zero attached hydrogens (tertiary/aromatic N) is 4. The second-order valence-electron chi connectivity index (χ2n) is 11.6. The maximum absolute atomic E-state index is 12.7. The van der Waals surface area contributed by atoms with Crippen molar-refractivity contribution in [3.63, 3.8) is 0 Å². The molecule has 0 bridgehead atoms. The fraction of sp³-hybridized carbons (Fsp3) is 0.696. The van der Waals surface area contributed by atoms with Gasteiger partial charge in [0.05, 0.1) is 19.5 Å². The van der Waals surface area contributed by atoms with Crippen LogP contribution in [0.1, 0.15) is 40.5 Å². The molecule has 7 atom stereocenters. The number of carbonyl (C=O) groups excluding carboxylic acids is 2. The third kappa shape index (κ3) is 10.8. The van der Waals surface area contributed by atoms with E-state index >= 15 is 0 Å². The number of imidazole rings is 1. The van der Waals surface area contributed by atoms with Gasteiger partial charge in [0.15, 0.2) is 17.2 Å². The lowest BCUT2D eigenvalue weighted by Crippen LogP contribution is -2.46. The van der Waals surface area contributed by atoms with Crippen LogP contribution in [0.3, 0.4) is 0 Å². The van der Waals surface area contributed by atoms with Crippen molar-refractivity contribution < 1.29 is 75.7 Å². The van der Waals surface area contributed by atoms with Crippen LogP contribution in [0.2, 0.25) is 0 Å². The number of rotatable bonds is 18. The van der Waals surface area contributed by atoms with Gasteiger partial charge in [0.2, 0.25) is 11.8 Å². The van der Waals surface area contributed by atoms with Crippen LogP contribution >= 0.6 is 23.5 Å². The molecule has 26 heteroatoms. The number of nitrogens with one attached hydrogen (secondary N) is 2. The minimum Gasteiger partial charge on any atom is -0.385 e. The molecular weight excluding hydrogens is 723 g/mol. The molecule has 49 heavy (non-hydrogen) atoms. The van der Waals surface area contributed by atoms with E-state index in [2.05, 4.69) is 29.9 Å². The van der Waals surface area contributed by atoms with Gasteiger partial charge in [-0.1, -0.05) is 20.8 Å². The first kappa shape index (κ1) is 41.0. The molecule has 2 amide bonds. The molecule has 7 unspecified atom stereocenters. The molecule has 1 fully saturated rings. The van der Waals surface area contributed by atoms with Gasteiger partial charge in [0.25, 0.3) is 0 Å². The van der Waals surface area contributed by atoms with Crippen LogP contribution in [0.5, 0.6) is 0 Å². The van der Waals surface area contributed by atoms with E-state index in [4.69, 9.17) is 24.0 Å². The number of hydrogen-bond donors (Lipinski definition) is 9. The molecule has 0 aromatic carbocycles. The van der Waals surface area contributed by atoms with Gasteiger partial charge in [-0.05, 0) is 13.3 Å². The Morgan fingerprint density at radius 3 is 2.39 bits per heavy atom. The van der Waals surface area contributed by atoms with E-state index in [1.165, 1.54) is 20.8 Å². The van der Waals surface area contributed by atoms with E-state index in [0.717, 1.165) is 17.2 Å². The maximum atomic E-state index is 12.7. The fourth-order valence-corrected chi connectivity index (χ4v) is 7.34. The highest BCUT2D eigenvalue weighted by atomic mass is 31.3. The summed E-state index contributed by atoms with van der Waals surface area (Å²) in [6.07, 6.45) is -4.56. The highest BCUT2D eigenvalue weighted by molar-refractivity contribution is 7.61. The zero-order valence-corrected chi connectivity index (χ0v) is 29.4. The van der Waals surface area contributed by atoms with Crippen LogP contribution in [0.15, 0.2) is 12.7 Å². The molecule has 0 aliphatic carbocycles. The lowest BCUT2D eigenvalue weighted by Gasteiger charge is -2.30. The molecule has 1 aliphatic rings. The van der Waals surface area contributed by atoms with E-state index in [1.807, 2.05) is 6.92 Å². The number of nitrogens with two attached hydrogens (primary N) is 1. The van der Waals surface area contributed by atoms with E-state index in [0.29, 0.717) is 13.0 Å². The van der Waals surface area contributed by atoms with Crippen molar-refractivity contribution in [3.8, 4) is 0 Å². The number of anilines is 1. The zero-order chi connectivity index (χ0) is 37.0. The van der Waals surface area contributed by atoms with Crippen molar-refractivity contribution in [2.45, 2.75) is 70.7 Å². The van der Waals surface area contributed by atoms with E-state index in [1.54, 1.807) is 0 Å². The average Bonchev–Trinajstić information content (AvgIpc) is 3.53. The van der Waals surface area contributed by atoms with Gasteiger partial charge in [-0.2, -0.15) is 4.31 Å². The number of nitrogen functional groups attached to an aromatic ring is 1. The molecule has 1 saturated heterocycles. The van der Waals surface area contributed by atoms with Crippen LogP contribution in [-0.2, 0) is 51.6 Å². The monoisotopic (exact) mass is 763 g/mol. The Labute approximate surface area is 278 Å². The van der Waals surface area contributed by atoms with Gasteiger partial charge in [0.1, 0.15) is 36.3 Å². The summed E-state index contributed by atoms with van der Waals surface area (Å²) in [4.78, 5) is 75.1. The second kappa shape index (κ2) is 15.8. The van der Waals surface area contributed by atoms with Crippen LogP contribution in [-0.4, -0.2) is 112 Å². The highest BCUT2D eigenvalue weighted by Gasteiger charge is 2.57. The van der Waals surface area contributed by atoms with Crippen molar-refractivity contribution in [1.29, 1.82) is 0 Å². The lowest BCUT2D eigenvalue weighted by molar-refractivity contribution is -0.137. The van der Waals surface area contributed by atoms with E-state index in [-0.39, 0.29) is 35.9 Å². The van der Waals surface area contributed by atoms with Gasteiger partial charge in [-0.3, -0.25) is 27.7 Å². The Morgan fingerprint density at radius 1 is 1.10 bits per heavy atom. The van der Waals surface area contributed by atoms with Gasteiger partial charge in [-0.25, -0.2) is 28.6 Å². The number of aromatic nitrogens is 4. The quantitative estimate of drug-likeness (QED) is 0.0821. The molecule has 0 saturated carbocycles. The van der Waals surface area contributed by atoms with Crippen molar-refractivity contribution in [1.82, 2.24) is 30.2 Å². The number of fused-ring (bicyclic) bond motifs is 1. The van der Waals surface area contributed by atoms with Crippen LogP contribution in [0.25, 0.3) is 11.2 Å². The fourth-order valence-electron chi connectivity index (χ4n) is 4.52. The molecule has 3 rings (SSSR count). The normalized spacial score (nSPS) is 24.7. The summed E-state index contributed by atoms with van der Waals surface area (Å²) in [6.45, 7) is 4.00. The Morgan fingerprint density at radius 2 is 1.76 bits per heavy atom. The third-order valence-corrected chi connectivity index (χ3v) is 10.2. The van der Waals surface area contributed by atoms with Crippen molar-refractivity contribution >= 4 is 52.3 Å². The second-order valence-corrected chi connectivity index (χ2v) is 15.9. The number of phosphoric ester groups is 3. The molecule has 0 radical (unpaired) electrons.